The van der Waals surface area contributed by atoms with Crippen molar-refractivity contribution in [3.05, 3.63) is 42.4 Å². The van der Waals surface area contributed by atoms with Crippen LogP contribution in [0.5, 0.6) is 0 Å². The van der Waals surface area contributed by atoms with E-state index in [0.717, 1.165) is 0 Å². The van der Waals surface area contributed by atoms with Gasteiger partial charge in [-0.2, -0.15) is 0 Å². The highest BCUT2D eigenvalue weighted by molar-refractivity contribution is 5.90. The Balaban J connectivity index is 2.14. The molecule has 0 aromatic carbocycles. The first kappa shape index (κ1) is 9.20. The van der Waals surface area contributed by atoms with Crippen LogP contribution in [-0.2, 0) is 0 Å². The summed E-state index contributed by atoms with van der Waals surface area (Å²) in [6.45, 7) is 0. The van der Waals surface area contributed by atoms with Crippen molar-refractivity contribution in [1.29, 1.82) is 0 Å². The summed E-state index contributed by atoms with van der Waals surface area (Å²) >= 11 is 0. The van der Waals surface area contributed by atoms with Crippen LogP contribution in [0, 0.1) is 0 Å². The molecule has 3 N–H and O–H groups in total. The van der Waals surface area contributed by atoms with Crippen LogP contribution < -0.4 is 11.2 Å². The van der Waals surface area contributed by atoms with Gasteiger partial charge in [-0.25, -0.2) is 0 Å². The Kier molecular flexibility index (Phi) is 2.32. The summed E-state index contributed by atoms with van der Waals surface area (Å²) in [5, 5.41) is 7.45. The molecule has 6 nitrogen and oxygen atoms in total. The molecule has 2 aromatic rings. The van der Waals surface area contributed by atoms with Gasteiger partial charge in [0.1, 0.15) is 0 Å². The highest BCUT2D eigenvalue weighted by atomic mass is 16.1. The van der Waals surface area contributed by atoms with E-state index in [4.69, 9.17) is 5.73 Å². The van der Waals surface area contributed by atoms with Crippen LogP contribution in [0.15, 0.2) is 36.7 Å². The van der Waals surface area contributed by atoms with E-state index < -0.39 is 5.91 Å². The van der Waals surface area contributed by atoms with Gasteiger partial charge >= 0.3 is 0 Å². The van der Waals surface area contributed by atoms with Gasteiger partial charge in [-0.3, -0.25) is 14.9 Å². The van der Waals surface area contributed by atoms with E-state index in [2.05, 4.69) is 15.6 Å². The first-order valence-corrected chi connectivity index (χ1v) is 4.29. The number of nitrogens with two attached hydrogens (primary N) is 1. The van der Waals surface area contributed by atoms with Crippen LogP contribution in [0.3, 0.4) is 0 Å². The van der Waals surface area contributed by atoms with Crippen LogP contribution in [0.4, 0.5) is 5.82 Å². The molecule has 1 amide bonds. The molecule has 76 valence electrons. The number of hydrogen-bond acceptors (Lipinski definition) is 4. The lowest BCUT2D eigenvalue weighted by Gasteiger charge is -2.04. The van der Waals surface area contributed by atoms with Crippen molar-refractivity contribution in [3.63, 3.8) is 0 Å². The fourth-order valence-corrected chi connectivity index (χ4v) is 1.06. The Labute approximate surface area is 85.7 Å². The quantitative estimate of drug-likeness (QED) is 0.748. The van der Waals surface area contributed by atoms with Gasteiger partial charge in [0.05, 0.1) is 0 Å². The minimum absolute atomic E-state index is 0.146. The summed E-state index contributed by atoms with van der Waals surface area (Å²) in [5.41, 5.74) is 8.12. The summed E-state index contributed by atoms with van der Waals surface area (Å²) in [7, 11) is 0. The Morgan fingerprint density at radius 2 is 2.00 bits per heavy atom. The maximum atomic E-state index is 10.7. The molecule has 0 unspecified atom stereocenters. The fourth-order valence-electron chi connectivity index (χ4n) is 1.06. The average molecular weight is 203 g/mol. The number of aromatic nitrogens is 3. The summed E-state index contributed by atoms with van der Waals surface area (Å²) < 4.78 is 1.72. The summed E-state index contributed by atoms with van der Waals surface area (Å²) in [4.78, 5) is 10.7. The molecule has 2 rings (SSSR count). The number of anilines is 1. The summed E-state index contributed by atoms with van der Waals surface area (Å²) in [5.74, 6) is -0.0498. The van der Waals surface area contributed by atoms with Crippen LogP contribution in [0.25, 0.3) is 0 Å². The first-order valence-electron chi connectivity index (χ1n) is 4.29. The molecule has 2 aromatic heterocycles. The second-order valence-corrected chi connectivity index (χ2v) is 2.87. The number of hydrogen-bond donors (Lipinski definition) is 2. The number of carbonyl (C=O) groups excluding carboxylic acids is 1. The SMILES string of the molecule is NC(=O)c1ccc(Nn2cccc2)nn1. The molecule has 0 aliphatic rings. The lowest BCUT2D eigenvalue weighted by molar-refractivity contribution is 0.0994. The third-order valence-corrected chi connectivity index (χ3v) is 1.77. The molecule has 0 saturated carbocycles. The second kappa shape index (κ2) is 3.79. The van der Waals surface area contributed by atoms with Gasteiger partial charge in [0.2, 0.25) is 0 Å². The second-order valence-electron chi connectivity index (χ2n) is 2.87. The number of carbonyl (C=O) groups is 1. The lowest BCUT2D eigenvalue weighted by Crippen LogP contribution is -2.15. The third-order valence-electron chi connectivity index (χ3n) is 1.77. The molecule has 2 heterocycles. The van der Waals surface area contributed by atoms with E-state index in [1.165, 1.54) is 6.07 Å². The van der Waals surface area contributed by atoms with Crippen molar-refractivity contribution in [2.45, 2.75) is 0 Å². The minimum Gasteiger partial charge on any atom is -0.364 e. The predicted molar refractivity (Wildman–Crippen MR) is 54.0 cm³/mol. The standard InChI is InChI=1S/C9H9N5O/c10-9(15)7-3-4-8(12-11-7)13-14-5-1-2-6-14/h1-6H,(H2,10,15)(H,12,13). The molecule has 0 fully saturated rings. The van der Waals surface area contributed by atoms with Gasteiger partial charge in [-0.1, -0.05) is 0 Å². The van der Waals surface area contributed by atoms with Crippen LogP contribution in [0.1, 0.15) is 10.5 Å². The largest absolute Gasteiger partial charge is 0.364 e. The molecule has 0 saturated heterocycles. The number of nitrogens with one attached hydrogen (secondary N) is 1. The van der Waals surface area contributed by atoms with E-state index >= 15 is 0 Å². The van der Waals surface area contributed by atoms with Crippen LogP contribution in [0.2, 0.25) is 0 Å². The van der Waals surface area contributed by atoms with E-state index in [9.17, 15) is 4.79 Å². The van der Waals surface area contributed by atoms with Gasteiger partial charge in [0.15, 0.2) is 11.5 Å². The Morgan fingerprint density at radius 3 is 2.53 bits per heavy atom. The number of rotatable bonds is 3. The van der Waals surface area contributed by atoms with Crippen molar-refractivity contribution in [1.82, 2.24) is 14.9 Å². The smallest absolute Gasteiger partial charge is 0.269 e. The predicted octanol–water partition coefficient (Wildman–Crippen LogP) is 0.252. The molecular weight excluding hydrogens is 194 g/mol. The zero-order valence-electron chi connectivity index (χ0n) is 7.79. The van der Waals surface area contributed by atoms with Crippen molar-refractivity contribution < 1.29 is 4.79 Å². The third kappa shape index (κ3) is 2.11. The van der Waals surface area contributed by atoms with Crippen molar-refractivity contribution in [2.75, 3.05) is 5.43 Å². The van der Waals surface area contributed by atoms with Gasteiger partial charge in [0, 0.05) is 12.4 Å². The van der Waals surface area contributed by atoms with E-state index in [0.29, 0.717) is 5.82 Å². The first-order chi connectivity index (χ1) is 7.25. The Morgan fingerprint density at radius 1 is 1.27 bits per heavy atom. The summed E-state index contributed by atoms with van der Waals surface area (Å²) in [6, 6.07) is 6.89. The maximum Gasteiger partial charge on any atom is 0.269 e. The van der Waals surface area contributed by atoms with Crippen molar-refractivity contribution in [2.24, 2.45) is 5.73 Å². The van der Waals surface area contributed by atoms with Crippen molar-refractivity contribution >= 4 is 11.7 Å². The Hall–Kier alpha value is -2.37. The van der Waals surface area contributed by atoms with E-state index in [-0.39, 0.29) is 5.69 Å². The monoisotopic (exact) mass is 203 g/mol. The molecule has 0 aliphatic heterocycles. The molecule has 0 aliphatic carbocycles. The minimum atomic E-state index is -0.588. The van der Waals surface area contributed by atoms with E-state index in [1.54, 1.807) is 10.7 Å². The topological polar surface area (TPSA) is 85.8 Å². The lowest BCUT2D eigenvalue weighted by atomic mass is 10.4. The fraction of sp³-hybridized carbons (Fsp3) is 0. The molecular formula is C9H9N5O. The van der Waals surface area contributed by atoms with Gasteiger partial charge in [-0.05, 0) is 24.3 Å². The summed E-state index contributed by atoms with van der Waals surface area (Å²) in [6.07, 6.45) is 3.65. The molecule has 15 heavy (non-hydrogen) atoms. The zero-order valence-corrected chi connectivity index (χ0v) is 7.79. The van der Waals surface area contributed by atoms with E-state index in [1.807, 2.05) is 24.5 Å². The Bertz CT molecular complexity index is 448. The molecule has 0 spiro atoms. The zero-order chi connectivity index (χ0) is 10.7. The number of primary amides is 1. The molecule has 0 radical (unpaired) electrons. The van der Waals surface area contributed by atoms with Crippen LogP contribution in [-0.4, -0.2) is 20.8 Å². The van der Waals surface area contributed by atoms with Gasteiger partial charge in [-0.15, -0.1) is 10.2 Å². The number of amides is 1. The highest BCUT2D eigenvalue weighted by Gasteiger charge is 2.02. The van der Waals surface area contributed by atoms with Gasteiger partial charge < -0.3 is 5.73 Å². The van der Waals surface area contributed by atoms with Gasteiger partial charge in [0.25, 0.3) is 5.91 Å². The van der Waals surface area contributed by atoms with Crippen LogP contribution >= 0.6 is 0 Å². The van der Waals surface area contributed by atoms with Crippen molar-refractivity contribution in [3.8, 4) is 0 Å². The molecule has 6 heteroatoms. The molecule has 0 atom stereocenters. The highest BCUT2D eigenvalue weighted by Crippen LogP contribution is 2.02. The average Bonchev–Trinajstić information content (AvgIpc) is 2.71. The number of nitrogens with zero attached hydrogens (tertiary/aromatic N) is 3. The maximum absolute atomic E-state index is 10.7. The normalized spacial score (nSPS) is 9.87. The molecule has 0 bridgehead atoms.